The monoisotopic (exact) mass is 546 g/mol. The highest BCUT2D eigenvalue weighted by molar-refractivity contribution is 14.1. The van der Waals surface area contributed by atoms with Gasteiger partial charge in [-0.1, -0.05) is 12.1 Å². The number of carbonyl (C=O) groups is 1. The van der Waals surface area contributed by atoms with Crippen molar-refractivity contribution in [3.63, 3.8) is 0 Å². The molecule has 7 nitrogen and oxygen atoms in total. The average Bonchev–Trinajstić information content (AvgIpc) is 3.40. The highest BCUT2D eigenvalue weighted by atomic mass is 127. The number of hydrogen-bond acceptors (Lipinski definition) is 6. The van der Waals surface area contributed by atoms with Gasteiger partial charge in [-0.2, -0.15) is 9.78 Å². The van der Waals surface area contributed by atoms with Gasteiger partial charge in [0, 0.05) is 20.6 Å². The van der Waals surface area contributed by atoms with Crippen LogP contribution in [0.4, 0.5) is 5.82 Å². The third-order valence-corrected chi connectivity index (χ3v) is 6.30. The van der Waals surface area contributed by atoms with Crippen molar-refractivity contribution in [2.75, 3.05) is 19.5 Å². The SMILES string of the molecule is COc1ccc(-c2csc(-n3nc(C)cc3NC(=O)c3ccccc3I)n2)cc1OC. The Morgan fingerprint density at radius 3 is 2.61 bits per heavy atom. The third kappa shape index (κ3) is 4.42. The number of rotatable bonds is 6. The largest absolute Gasteiger partial charge is 0.493 e. The molecule has 0 fully saturated rings. The van der Waals surface area contributed by atoms with Crippen molar-refractivity contribution in [2.24, 2.45) is 0 Å². The van der Waals surface area contributed by atoms with Crippen molar-refractivity contribution in [1.29, 1.82) is 0 Å². The predicted molar refractivity (Wildman–Crippen MR) is 130 cm³/mol. The summed E-state index contributed by atoms with van der Waals surface area (Å²) in [6.45, 7) is 1.88. The number of nitrogens with one attached hydrogen (secondary N) is 1. The number of anilines is 1. The smallest absolute Gasteiger partial charge is 0.257 e. The van der Waals surface area contributed by atoms with E-state index in [1.165, 1.54) is 11.3 Å². The second-order valence-electron chi connectivity index (χ2n) is 6.60. The molecule has 1 N–H and O–H groups in total. The van der Waals surface area contributed by atoms with E-state index in [1.807, 2.05) is 54.8 Å². The molecule has 0 saturated carbocycles. The van der Waals surface area contributed by atoms with Crippen LogP contribution in [0.1, 0.15) is 16.1 Å². The summed E-state index contributed by atoms with van der Waals surface area (Å²) in [7, 11) is 3.20. The summed E-state index contributed by atoms with van der Waals surface area (Å²) in [6, 6.07) is 14.9. The third-order valence-electron chi connectivity index (χ3n) is 4.54. The molecule has 9 heteroatoms. The lowest BCUT2D eigenvalue weighted by Crippen LogP contribution is -2.16. The van der Waals surface area contributed by atoms with Crippen LogP contribution >= 0.6 is 33.9 Å². The molecule has 0 spiro atoms. The van der Waals surface area contributed by atoms with Gasteiger partial charge in [0.05, 0.1) is 31.2 Å². The topological polar surface area (TPSA) is 78.3 Å². The van der Waals surface area contributed by atoms with E-state index in [9.17, 15) is 4.79 Å². The van der Waals surface area contributed by atoms with Crippen LogP contribution in [0.15, 0.2) is 53.9 Å². The fourth-order valence-corrected chi connectivity index (χ4v) is 4.48. The molecule has 0 aliphatic rings. The van der Waals surface area contributed by atoms with Gasteiger partial charge in [0.2, 0.25) is 5.13 Å². The number of aromatic nitrogens is 3. The van der Waals surface area contributed by atoms with Gasteiger partial charge in [0.15, 0.2) is 11.5 Å². The lowest BCUT2D eigenvalue weighted by molar-refractivity contribution is 0.102. The van der Waals surface area contributed by atoms with Crippen LogP contribution < -0.4 is 14.8 Å². The number of halogens is 1. The quantitative estimate of drug-likeness (QED) is 0.338. The number of carbonyl (C=O) groups excluding carboxylic acids is 1. The van der Waals surface area contributed by atoms with E-state index in [0.29, 0.717) is 28.0 Å². The number of methoxy groups -OCH3 is 2. The number of amides is 1. The number of aryl methyl sites for hydroxylation is 1. The Bertz CT molecular complexity index is 1250. The summed E-state index contributed by atoms with van der Waals surface area (Å²) in [5, 5.41) is 10.1. The molecule has 0 atom stereocenters. The first-order valence-corrected chi connectivity index (χ1v) is 11.3. The zero-order valence-electron chi connectivity index (χ0n) is 17.0. The molecule has 0 bridgehead atoms. The molecular weight excluding hydrogens is 527 g/mol. The second-order valence-corrected chi connectivity index (χ2v) is 8.60. The van der Waals surface area contributed by atoms with E-state index < -0.39 is 0 Å². The Labute approximate surface area is 197 Å². The van der Waals surface area contributed by atoms with Crippen molar-refractivity contribution >= 4 is 45.7 Å². The molecule has 2 heterocycles. The van der Waals surface area contributed by atoms with E-state index >= 15 is 0 Å². The Kier molecular flexibility index (Phi) is 6.23. The van der Waals surface area contributed by atoms with Crippen LogP contribution in [0, 0.1) is 10.5 Å². The van der Waals surface area contributed by atoms with Gasteiger partial charge in [0.25, 0.3) is 5.91 Å². The van der Waals surface area contributed by atoms with Gasteiger partial charge in [0.1, 0.15) is 5.82 Å². The van der Waals surface area contributed by atoms with Gasteiger partial charge in [-0.3, -0.25) is 4.79 Å². The molecule has 0 aliphatic carbocycles. The number of nitrogens with zero attached hydrogens (tertiary/aromatic N) is 3. The van der Waals surface area contributed by atoms with E-state index in [4.69, 9.17) is 14.5 Å². The normalized spacial score (nSPS) is 10.7. The lowest BCUT2D eigenvalue weighted by Gasteiger charge is -2.09. The molecule has 2 aromatic carbocycles. The maximum Gasteiger partial charge on any atom is 0.257 e. The molecule has 0 radical (unpaired) electrons. The highest BCUT2D eigenvalue weighted by Gasteiger charge is 2.17. The molecule has 31 heavy (non-hydrogen) atoms. The molecule has 0 saturated heterocycles. The molecule has 0 unspecified atom stereocenters. The van der Waals surface area contributed by atoms with Crippen LogP contribution in [0.2, 0.25) is 0 Å². The van der Waals surface area contributed by atoms with E-state index in [-0.39, 0.29) is 5.91 Å². The molecule has 4 aromatic rings. The summed E-state index contributed by atoms with van der Waals surface area (Å²) in [5.74, 6) is 1.66. The lowest BCUT2D eigenvalue weighted by atomic mass is 10.1. The zero-order valence-corrected chi connectivity index (χ0v) is 20.0. The minimum atomic E-state index is -0.192. The minimum absolute atomic E-state index is 0.192. The Hall–Kier alpha value is -2.92. The van der Waals surface area contributed by atoms with Crippen molar-refractivity contribution in [2.45, 2.75) is 6.92 Å². The first-order valence-electron chi connectivity index (χ1n) is 9.31. The summed E-state index contributed by atoms with van der Waals surface area (Å²) < 4.78 is 13.2. The molecule has 158 valence electrons. The number of benzene rings is 2. The Balaban J connectivity index is 1.64. The van der Waals surface area contributed by atoms with E-state index in [2.05, 4.69) is 33.0 Å². The van der Waals surface area contributed by atoms with Crippen molar-refractivity contribution in [3.05, 3.63) is 68.7 Å². The van der Waals surface area contributed by atoms with Crippen LogP contribution in [0.3, 0.4) is 0 Å². The first-order chi connectivity index (χ1) is 15.0. The fourth-order valence-electron chi connectivity index (χ4n) is 3.05. The van der Waals surface area contributed by atoms with Crippen LogP contribution in [-0.2, 0) is 0 Å². The van der Waals surface area contributed by atoms with Gasteiger partial charge in [-0.25, -0.2) is 4.98 Å². The molecule has 2 aromatic heterocycles. The van der Waals surface area contributed by atoms with Crippen molar-refractivity contribution < 1.29 is 14.3 Å². The fraction of sp³-hybridized carbons (Fsp3) is 0.136. The van der Waals surface area contributed by atoms with Gasteiger partial charge >= 0.3 is 0 Å². The van der Waals surface area contributed by atoms with Gasteiger partial charge in [-0.05, 0) is 59.8 Å². The zero-order chi connectivity index (χ0) is 22.0. The van der Waals surface area contributed by atoms with Gasteiger partial charge in [-0.15, -0.1) is 11.3 Å². The number of ether oxygens (including phenoxy) is 2. The summed E-state index contributed by atoms with van der Waals surface area (Å²) in [6.07, 6.45) is 0. The standard InChI is InChI=1S/C22H19IN4O3S/c1-13-10-20(25-21(28)15-6-4-5-7-16(15)23)27(26-13)22-24-17(12-31-22)14-8-9-18(29-2)19(11-14)30-3/h4-12H,1-3H3,(H,25,28). The average molecular weight is 546 g/mol. The highest BCUT2D eigenvalue weighted by Crippen LogP contribution is 2.33. The summed E-state index contributed by atoms with van der Waals surface area (Å²) in [5.41, 5.74) is 3.07. The number of hydrogen-bond donors (Lipinski definition) is 1. The van der Waals surface area contributed by atoms with Crippen LogP contribution in [-0.4, -0.2) is 34.9 Å². The number of thiazole rings is 1. The van der Waals surface area contributed by atoms with Crippen molar-refractivity contribution in [1.82, 2.24) is 14.8 Å². The second kappa shape index (κ2) is 9.06. The van der Waals surface area contributed by atoms with E-state index in [1.54, 1.807) is 25.0 Å². The van der Waals surface area contributed by atoms with E-state index in [0.717, 1.165) is 20.5 Å². The Morgan fingerprint density at radius 2 is 1.87 bits per heavy atom. The summed E-state index contributed by atoms with van der Waals surface area (Å²) >= 11 is 3.59. The molecule has 0 aliphatic heterocycles. The predicted octanol–water partition coefficient (Wildman–Crippen LogP) is 5.18. The first kappa shape index (κ1) is 21.3. The summed E-state index contributed by atoms with van der Waals surface area (Å²) in [4.78, 5) is 17.5. The Morgan fingerprint density at radius 1 is 1.10 bits per heavy atom. The molecular formula is C22H19IN4O3S. The minimum Gasteiger partial charge on any atom is -0.493 e. The molecule has 1 amide bonds. The maximum absolute atomic E-state index is 12.8. The van der Waals surface area contributed by atoms with Gasteiger partial charge < -0.3 is 14.8 Å². The van der Waals surface area contributed by atoms with Crippen LogP contribution in [0.5, 0.6) is 11.5 Å². The van der Waals surface area contributed by atoms with Crippen molar-refractivity contribution in [3.8, 4) is 27.9 Å². The van der Waals surface area contributed by atoms with Crippen LogP contribution in [0.25, 0.3) is 16.4 Å². The maximum atomic E-state index is 12.8. The molecule has 4 rings (SSSR count).